The van der Waals surface area contributed by atoms with Gasteiger partial charge in [-0.2, -0.15) is 0 Å². The Labute approximate surface area is 162 Å². The van der Waals surface area contributed by atoms with E-state index in [1.807, 2.05) is 28.5 Å². The Balaban J connectivity index is 1.35. The molecule has 1 fully saturated rings. The van der Waals surface area contributed by atoms with E-state index in [9.17, 15) is 4.79 Å². The van der Waals surface area contributed by atoms with Crippen molar-refractivity contribution in [3.05, 3.63) is 65.4 Å². The summed E-state index contributed by atoms with van der Waals surface area (Å²) in [7, 11) is 0. The minimum absolute atomic E-state index is 0.0245. The molecule has 0 spiro atoms. The molecule has 1 aliphatic heterocycles. The van der Waals surface area contributed by atoms with Crippen LogP contribution in [0.15, 0.2) is 54.2 Å². The largest absolute Gasteiger partial charge is 0.487 e. The maximum absolute atomic E-state index is 12.6. The molecule has 2 aromatic heterocycles. The molecule has 3 heterocycles. The lowest BCUT2D eigenvalue weighted by Gasteiger charge is -2.16. The van der Waals surface area contributed by atoms with Crippen molar-refractivity contribution in [2.45, 2.75) is 25.9 Å². The molecule has 0 radical (unpaired) electrons. The minimum Gasteiger partial charge on any atom is -0.487 e. The third-order valence-electron chi connectivity index (χ3n) is 4.58. The van der Waals surface area contributed by atoms with Crippen LogP contribution < -0.4 is 4.74 Å². The number of hydrogen-bond donors (Lipinski definition) is 0. The lowest BCUT2D eigenvalue weighted by atomic mass is 10.1. The Hall–Kier alpha value is -2.73. The van der Waals surface area contributed by atoms with E-state index in [4.69, 9.17) is 4.74 Å². The van der Waals surface area contributed by atoms with E-state index in [0.717, 1.165) is 35.0 Å². The van der Waals surface area contributed by atoms with Crippen LogP contribution in [0.1, 0.15) is 17.7 Å². The first-order valence-electron chi connectivity index (χ1n) is 9.03. The Kier molecular flexibility index (Phi) is 5.16. The Morgan fingerprint density at radius 1 is 1.33 bits per heavy atom. The highest BCUT2D eigenvalue weighted by molar-refractivity contribution is 7.13. The van der Waals surface area contributed by atoms with Gasteiger partial charge < -0.3 is 9.64 Å². The lowest BCUT2D eigenvalue weighted by Crippen LogP contribution is -2.32. The number of rotatable bonds is 5. The van der Waals surface area contributed by atoms with Gasteiger partial charge in [-0.25, -0.2) is 4.98 Å². The molecular weight excluding hydrogens is 358 g/mol. The van der Waals surface area contributed by atoms with Gasteiger partial charge in [-0.1, -0.05) is 23.8 Å². The zero-order chi connectivity index (χ0) is 18.6. The third kappa shape index (κ3) is 4.34. The number of thiazole rings is 1. The molecule has 5 nitrogen and oxygen atoms in total. The lowest BCUT2D eigenvalue weighted by molar-refractivity contribution is -0.129. The van der Waals surface area contributed by atoms with E-state index in [2.05, 4.69) is 35.1 Å². The van der Waals surface area contributed by atoms with Gasteiger partial charge >= 0.3 is 0 Å². The van der Waals surface area contributed by atoms with Crippen molar-refractivity contribution in [3.8, 4) is 16.3 Å². The number of hydrogen-bond acceptors (Lipinski definition) is 5. The number of benzene rings is 1. The maximum atomic E-state index is 12.6. The first-order chi connectivity index (χ1) is 13.2. The number of ether oxygens (including phenoxy) is 1. The number of aromatic nitrogens is 2. The second kappa shape index (κ2) is 7.88. The monoisotopic (exact) mass is 379 g/mol. The van der Waals surface area contributed by atoms with Gasteiger partial charge in [0.2, 0.25) is 5.91 Å². The van der Waals surface area contributed by atoms with Gasteiger partial charge in [-0.05, 0) is 25.1 Å². The molecule has 1 atom stereocenters. The molecule has 27 heavy (non-hydrogen) atoms. The van der Waals surface area contributed by atoms with Gasteiger partial charge in [0.15, 0.2) is 0 Å². The first kappa shape index (κ1) is 17.7. The maximum Gasteiger partial charge on any atom is 0.228 e. The summed E-state index contributed by atoms with van der Waals surface area (Å²) in [5.74, 6) is 0.854. The Morgan fingerprint density at radius 3 is 3.07 bits per heavy atom. The molecule has 3 aromatic rings. The summed E-state index contributed by atoms with van der Waals surface area (Å²) >= 11 is 1.58. The summed E-state index contributed by atoms with van der Waals surface area (Å²) in [6.45, 7) is 3.40. The number of pyridine rings is 1. The van der Waals surface area contributed by atoms with Crippen LogP contribution in [0.2, 0.25) is 0 Å². The summed E-state index contributed by atoms with van der Waals surface area (Å²) in [5, 5.41) is 2.94. The van der Waals surface area contributed by atoms with E-state index in [1.54, 1.807) is 23.7 Å². The Bertz CT molecular complexity index is 926. The standard InChI is InChI=1S/C21H21N3O2S/c1-15-4-2-5-16(10-15)21-23-17(14-27-21)11-20(25)24-9-7-19(13-24)26-18-6-3-8-22-12-18/h2-6,8,10,12,14,19H,7,9,11,13H2,1H3/t19-/m1/s1. The first-order valence-corrected chi connectivity index (χ1v) is 9.91. The topological polar surface area (TPSA) is 55.3 Å². The molecule has 0 bridgehead atoms. The molecule has 1 saturated heterocycles. The molecular formula is C21H21N3O2S. The van der Waals surface area contributed by atoms with Gasteiger partial charge in [0.05, 0.1) is 24.9 Å². The van der Waals surface area contributed by atoms with Gasteiger partial charge in [-0.15, -0.1) is 11.3 Å². The smallest absolute Gasteiger partial charge is 0.228 e. The van der Waals surface area contributed by atoms with Gasteiger partial charge in [0.25, 0.3) is 0 Å². The number of carbonyl (C=O) groups is 1. The number of nitrogens with zero attached hydrogens (tertiary/aromatic N) is 3. The third-order valence-corrected chi connectivity index (χ3v) is 5.52. The van der Waals surface area contributed by atoms with Crippen molar-refractivity contribution < 1.29 is 9.53 Å². The summed E-state index contributed by atoms with van der Waals surface area (Å²) in [4.78, 5) is 23.2. The van der Waals surface area contributed by atoms with Crippen molar-refractivity contribution in [2.24, 2.45) is 0 Å². The SMILES string of the molecule is Cc1cccc(-c2nc(CC(=O)N3CC[C@@H](Oc4cccnc4)C3)cs2)c1. The molecule has 4 rings (SSSR count). The number of aryl methyl sites for hydroxylation is 1. The van der Waals surface area contributed by atoms with Crippen LogP contribution in [-0.2, 0) is 11.2 Å². The molecule has 1 aliphatic rings. The van der Waals surface area contributed by atoms with E-state index in [1.165, 1.54) is 5.56 Å². The Morgan fingerprint density at radius 2 is 2.26 bits per heavy atom. The van der Waals surface area contributed by atoms with Crippen LogP contribution in [0.5, 0.6) is 5.75 Å². The highest BCUT2D eigenvalue weighted by Gasteiger charge is 2.28. The van der Waals surface area contributed by atoms with Crippen molar-refractivity contribution in [2.75, 3.05) is 13.1 Å². The van der Waals surface area contributed by atoms with E-state index in [-0.39, 0.29) is 12.0 Å². The van der Waals surface area contributed by atoms with Crippen LogP contribution in [0, 0.1) is 6.92 Å². The summed E-state index contributed by atoms with van der Waals surface area (Å²) in [6, 6.07) is 12.0. The predicted molar refractivity (Wildman–Crippen MR) is 106 cm³/mol. The average molecular weight is 379 g/mol. The normalized spacial score (nSPS) is 16.5. The summed E-state index contributed by atoms with van der Waals surface area (Å²) < 4.78 is 5.91. The van der Waals surface area contributed by atoms with Crippen LogP contribution in [0.4, 0.5) is 0 Å². The fraction of sp³-hybridized carbons (Fsp3) is 0.286. The molecule has 0 N–H and O–H groups in total. The molecule has 138 valence electrons. The van der Waals surface area contributed by atoms with Crippen LogP contribution >= 0.6 is 11.3 Å². The fourth-order valence-electron chi connectivity index (χ4n) is 3.23. The molecule has 1 amide bonds. The number of likely N-dealkylation sites (tertiary alicyclic amines) is 1. The highest BCUT2D eigenvalue weighted by atomic mass is 32.1. The molecule has 0 saturated carbocycles. The minimum atomic E-state index is 0.0245. The average Bonchev–Trinajstić information content (AvgIpc) is 3.32. The molecule has 6 heteroatoms. The van der Waals surface area contributed by atoms with Crippen LogP contribution in [0.25, 0.3) is 10.6 Å². The predicted octanol–water partition coefficient (Wildman–Crippen LogP) is 3.74. The fourth-order valence-corrected chi connectivity index (χ4v) is 4.04. The second-order valence-corrected chi connectivity index (χ2v) is 7.61. The van der Waals surface area contributed by atoms with Crippen molar-refractivity contribution in [1.29, 1.82) is 0 Å². The van der Waals surface area contributed by atoms with E-state index < -0.39 is 0 Å². The van der Waals surface area contributed by atoms with E-state index in [0.29, 0.717) is 13.0 Å². The zero-order valence-electron chi connectivity index (χ0n) is 15.2. The van der Waals surface area contributed by atoms with Crippen molar-refractivity contribution >= 4 is 17.2 Å². The molecule has 0 aliphatic carbocycles. The van der Waals surface area contributed by atoms with Gasteiger partial charge in [0.1, 0.15) is 16.9 Å². The quantitative estimate of drug-likeness (QED) is 0.678. The van der Waals surface area contributed by atoms with Crippen molar-refractivity contribution in [3.63, 3.8) is 0 Å². The summed E-state index contributed by atoms with van der Waals surface area (Å²) in [5.41, 5.74) is 3.14. The second-order valence-electron chi connectivity index (χ2n) is 6.75. The number of amides is 1. The van der Waals surface area contributed by atoms with Crippen molar-refractivity contribution in [1.82, 2.24) is 14.9 Å². The summed E-state index contributed by atoms with van der Waals surface area (Å²) in [6.07, 6.45) is 4.62. The highest BCUT2D eigenvalue weighted by Crippen LogP contribution is 2.25. The number of carbonyl (C=O) groups excluding carboxylic acids is 1. The van der Waals surface area contributed by atoms with Crippen LogP contribution in [0.3, 0.4) is 0 Å². The van der Waals surface area contributed by atoms with Gasteiger partial charge in [-0.3, -0.25) is 9.78 Å². The molecule has 0 unspecified atom stereocenters. The van der Waals surface area contributed by atoms with Gasteiger partial charge in [0, 0.05) is 30.1 Å². The van der Waals surface area contributed by atoms with Crippen LogP contribution in [-0.4, -0.2) is 40.0 Å². The zero-order valence-corrected chi connectivity index (χ0v) is 16.0. The molecule has 1 aromatic carbocycles. The van der Waals surface area contributed by atoms with E-state index >= 15 is 0 Å².